The fourth-order valence-corrected chi connectivity index (χ4v) is 7.85. The van der Waals surface area contributed by atoms with E-state index in [0.29, 0.717) is 11.1 Å². The van der Waals surface area contributed by atoms with E-state index in [4.69, 9.17) is 9.97 Å². The minimum absolute atomic E-state index is 0.596. The molecule has 4 heterocycles. The number of alkyl halides is 1. The number of nitrogens with zero attached hydrogens (tertiary/aromatic N) is 4. The molecule has 5 aromatic carbocycles. The standard InChI is InChI=1S/C38H25FN4S/c1-42-32-16-4-3-15-31(32)41-37(42)25-11-6-9-23(21-25)34(39)24-10-7-12-26(22-24)43-35-28(30-14-8-20-40-38(30)43)18-19-29-27-13-2-5-17-33(27)44-36(29)35/h2-22,34H,1H3. The maximum absolute atomic E-state index is 16.5. The molecule has 0 saturated carbocycles. The highest BCUT2D eigenvalue weighted by atomic mass is 32.1. The molecule has 0 saturated heterocycles. The predicted molar refractivity (Wildman–Crippen MR) is 181 cm³/mol. The number of aromatic nitrogens is 4. The smallest absolute Gasteiger partial charge is 0.150 e. The SMILES string of the molecule is Cn1c(-c2cccc(C(F)c3cccc(-n4c5ncccc5c5ccc6c7ccccc7sc6c54)c3)c2)nc2ccccc21. The summed E-state index contributed by atoms with van der Waals surface area (Å²) < 4.78 is 23.2. The van der Waals surface area contributed by atoms with Crippen molar-refractivity contribution >= 4 is 64.5 Å². The second-order valence-electron chi connectivity index (χ2n) is 11.2. The summed E-state index contributed by atoms with van der Waals surface area (Å²) in [7, 11) is 2.00. The highest BCUT2D eigenvalue weighted by Gasteiger charge is 2.21. The van der Waals surface area contributed by atoms with Crippen LogP contribution in [0.25, 0.3) is 70.2 Å². The molecule has 1 atom stereocenters. The van der Waals surface area contributed by atoms with Gasteiger partial charge in [-0.3, -0.25) is 4.57 Å². The fraction of sp³-hybridized carbons (Fsp3) is 0.0526. The number of hydrogen-bond acceptors (Lipinski definition) is 3. The van der Waals surface area contributed by atoms with E-state index in [9.17, 15) is 0 Å². The molecule has 44 heavy (non-hydrogen) atoms. The van der Waals surface area contributed by atoms with Gasteiger partial charge in [-0.2, -0.15) is 0 Å². The van der Waals surface area contributed by atoms with Crippen molar-refractivity contribution in [2.75, 3.05) is 0 Å². The molecular formula is C38H25FN4S. The summed E-state index contributed by atoms with van der Waals surface area (Å²) in [5.41, 5.74) is 6.91. The van der Waals surface area contributed by atoms with Crippen LogP contribution >= 0.6 is 11.3 Å². The van der Waals surface area contributed by atoms with Gasteiger partial charge in [-0.15, -0.1) is 11.3 Å². The van der Waals surface area contributed by atoms with Crippen LogP contribution in [0.3, 0.4) is 0 Å². The van der Waals surface area contributed by atoms with Crippen LogP contribution in [0.15, 0.2) is 128 Å². The van der Waals surface area contributed by atoms with Gasteiger partial charge in [0.2, 0.25) is 0 Å². The van der Waals surface area contributed by atoms with Gasteiger partial charge in [0.05, 0.1) is 21.3 Å². The summed E-state index contributed by atoms with van der Waals surface area (Å²) in [6, 6.07) is 40.6. The van der Waals surface area contributed by atoms with E-state index >= 15 is 4.39 Å². The van der Waals surface area contributed by atoms with Crippen molar-refractivity contribution in [2.45, 2.75) is 6.17 Å². The number of aryl methyl sites for hydroxylation is 1. The van der Waals surface area contributed by atoms with Gasteiger partial charge >= 0.3 is 0 Å². The Bertz CT molecular complexity index is 2550. The first-order chi connectivity index (χ1) is 21.7. The molecule has 0 fully saturated rings. The lowest BCUT2D eigenvalue weighted by molar-refractivity contribution is 0.402. The van der Waals surface area contributed by atoms with Gasteiger partial charge in [0.1, 0.15) is 11.5 Å². The van der Waals surface area contributed by atoms with Crippen molar-refractivity contribution in [3.63, 3.8) is 0 Å². The number of imidazole rings is 1. The lowest BCUT2D eigenvalue weighted by atomic mass is 10.00. The van der Waals surface area contributed by atoms with E-state index < -0.39 is 6.17 Å². The van der Waals surface area contributed by atoms with Gasteiger partial charge in [-0.25, -0.2) is 14.4 Å². The minimum atomic E-state index is -1.31. The third-order valence-corrected chi connectivity index (χ3v) is 9.87. The van der Waals surface area contributed by atoms with E-state index in [1.54, 1.807) is 11.3 Å². The number of para-hydroxylation sites is 2. The van der Waals surface area contributed by atoms with Crippen LogP contribution in [0.1, 0.15) is 17.3 Å². The highest BCUT2D eigenvalue weighted by Crippen LogP contribution is 2.43. The molecule has 9 aromatic rings. The Kier molecular flexibility index (Phi) is 5.49. The molecule has 4 nitrogen and oxygen atoms in total. The highest BCUT2D eigenvalue weighted by molar-refractivity contribution is 7.26. The molecule has 0 N–H and O–H groups in total. The zero-order chi connectivity index (χ0) is 29.4. The van der Waals surface area contributed by atoms with Crippen molar-refractivity contribution in [1.29, 1.82) is 0 Å². The van der Waals surface area contributed by atoms with Crippen molar-refractivity contribution in [3.05, 3.63) is 139 Å². The Labute approximate surface area is 256 Å². The van der Waals surface area contributed by atoms with Crippen LogP contribution in [-0.2, 0) is 7.05 Å². The zero-order valence-electron chi connectivity index (χ0n) is 23.8. The Morgan fingerprint density at radius 3 is 2.39 bits per heavy atom. The first kappa shape index (κ1) is 25.2. The van der Waals surface area contributed by atoms with Gasteiger partial charge in [0.15, 0.2) is 6.17 Å². The predicted octanol–water partition coefficient (Wildman–Crippen LogP) is 10.2. The van der Waals surface area contributed by atoms with E-state index in [1.165, 1.54) is 20.2 Å². The average molecular weight is 589 g/mol. The average Bonchev–Trinajstić information content (AvgIpc) is 3.74. The number of benzene rings is 5. The van der Waals surface area contributed by atoms with Crippen LogP contribution in [-0.4, -0.2) is 19.1 Å². The van der Waals surface area contributed by atoms with Crippen molar-refractivity contribution in [3.8, 4) is 17.1 Å². The second kappa shape index (κ2) is 9.59. The molecule has 0 spiro atoms. The lowest BCUT2D eigenvalue weighted by Gasteiger charge is -2.14. The van der Waals surface area contributed by atoms with Gasteiger partial charge in [0, 0.05) is 50.7 Å². The van der Waals surface area contributed by atoms with E-state index in [-0.39, 0.29) is 0 Å². The third-order valence-electron chi connectivity index (χ3n) is 8.68. The van der Waals surface area contributed by atoms with Crippen LogP contribution in [0.5, 0.6) is 0 Å². The van der Waals surface area contributed by atoms with Crippen LogP contribution in [0.4, 0.5) is 4.39 Å². The lowest BCUT2D eigenvalue weighted by Crippen LogP contribution is -2.00. The molecule has 0 radical (unpaired) electrons. The van der Waals surface area contributed by atoms with E-state index in [2.05, 4.69) is 57.7 Å². The molecule has 0 amide bonds. The van der Waals surface area contributed by atoms with Crippen molar-refractivity contribution < 1.29 is 4.39 Å². The quantitative estimate of drug-likeness (QED) is 0.205. The van der Waals surface area contributed by atoms with Crippen LogP contribution < -0.4 is 0 Å². The van der Waals surface area contributed by atoms with Crippen molar-refractivity contribution in [1.82, 2.24) is 19.1 Å². The third kappa shape index (κ3) is 3.68. The molecule has 0 bridgehead atoms. The van der Waals surface area contributed by atoms with E-state index in [1.807, 2.05) is 86.0 Å². The number of pyridine rings is 1. The van der Waals surface area contributed by atoms with Crippen LogP contribution in [0.2, 0.25) is 0 Å². The summed E-state index contributed by atoms with van der Waals surface area (Å²) >= 11 is 1.79. The second-order valence-corrected chi connectivity index (χ2v) is 12.3. The Morgan fingerprint density at radius 1 is 0.705 bits per heavy atom. The number of hydrogen-bond donors (Lipinski definition) is 0. The summed E-state index contributed by atoms with van der Waals surface area (Å²) in [4.78, 5) is 9.66. The first-order valence-corrected chi connectivity index (χ1v) is 15.4. The molecule has 0 aliphatic heterocycles. The van der Waals surface area contributed by atoms with E-state index in [0.717, 1.165) is 50.0 Å². The zero-order valence-corrected chi connectivity index (χ0v) is 24.6. The molecule has 210 valence electrons. The molecule has 1 unspecified atom stereocenters. The minimum Gasteiger partial charge on any atom is -0.327 e. The van der Waals surface area contributed by atoms with Gasteiger partial charge in [-0.1, -0.05) is 72.8 Å². The maximum atomic E-state index is 16.5. The summed E-state index contributed by atoms with van der Waals surface area (Å²) in [5.74, 6) is 0.817. The number of thiophene rings is 1. The molecule has 6 heteroatoms. The number of rotatable bonds is 4. The van der Waals surface area contributed by atoms with Gasteiger partial charge in [0.25, 0.3) is 0 Å². The van der Waals surface area contributed by atoms with Crippen molar-refractivity contribution in [2.24, 2.45) is 7.05 Å². The largest absolute Gasteiger partial charge is 0.327 e. The molecule has 0 aliphatic carbocycles. The monoisotopic (exact) mass is 588 g/mol. The number of halogens is 1. The normalized spacial score (nSPS) is 12.7. The Morgan fingerprint density at radius 2 is 1.48 bits per heavy atom. The summed E-state index contributed by atoms with van der Waals surface area (Å²) in [6.07, 6.45) is 0.517. The molecular weight excluding hydrogens is 564 g/mol. The molecule has 9 rings (SSSR count). The first-order valence-electron chi connectivity index (χ1n) is 14.6. The Balaban J connectivity index is 1.20. The summed E-state index contributed by atoms with van der Waals surface area (Å²) in [5, 5.41) is 4.70. The Hall–Kier alpha value is -5.33. The molecule has 4 aromatic heterocycles. The maximum Gasteiger partial charge on any atom is 0.150 e. The van der Waals surface area contributed by atoms with Gasteiger partial charge < -0.3 is 4.57 Å². The van der Waals surface area contributed by atoms with Gasteiger partial charge in [-0.05, 0) is 59.7 Å². The van der Waals surface area contributed by atoms with Crippen LogP contribution in [0, 0.1) is 0 Å². The number of fused-ring (bicyclic) bond motifs is 8. The molecule has 0 aliphatic rings. The fourth-order valence-electron chi connectivity index (χ4n) is 6.61. The summed E-state index contributed by atoms with van der Waals surface area (Å²) in [6.45, 7) is 0. The topological polar surface area (TPSA) is 35.6 Å².